The van der Waals surface area contributed by atoms with Crippen molar-refractivity contribution in [1.29, 1.82) is 0 Å². The van der Waals surface area contributed by atoms with Crippen molar-refractivity contribution in [3.63, 3.8) is 0 Å². The number of carbonyl (C=O) groups excluding carboxylic acids is 2. The molecular formula is C27H40FN2O5+. The van der Waals surface area contributed by atoms with Crippen molar-refractivity contribution >= 4 is 17.6 Å². The van der Waals surface area contributed by atoms with Gasteiger partial charge in [0.1, 0.15) is 5.60 Å². The Balaban J connectivity index is 1.47. The maximum Gasteiger partial charge on any atom is 0.410 e. The molecule has 3 N–H and O–H groups in total. The van der Waals surface area contributed by atoms with Crippen LogP contribution in [0.25, 0.3) is 5.57 Å². The van der Waals surface area contributed by atoms with E-state index in [1.807, 2.05) is 39.8 Å². The average Bonchev–Trinajstić information content (AvgIpc) is 2.82. The van der Waals surface area contributed by atoms with Crippen molar-refractivity contribution in [2.24, 2.45) is 11.8 Å². The van der Waals surface area contributed by atoms with Crippen LogP contribution < -0.4 is 10.1 Å². The van der Waals surface area contributed by atoms with Gasteiger partial charge < -0.3 is 24.8 Å². The Morgan fingerprint density at radius 1 is 1.23 bits per heavy atom. The summed E-state index contributed by atoms with van der Waals surface area (Å²) in [4.78, 5) is 26.2. The number of halogens is 1. The van der Waals surface area contributed by atoms with E-state index in [1.165, 1.54) is 6.07 Å². The highest BCUT2D eigenvalue weighted by Crippen LogP contribution is 2.32. The van der Waals surface area contributed by atoms with Crippen molar-refractivity contribution in [2.75, 3.05) is 26.3 Å². The summed E-state index contributed by atoms with van der Waals surface area (Å²) in [5, 5.41) is 10.2. The molecule has 0 aromatic heterocycles. The zero-order chi connectivity index (χ0) is 25.6. The zero-order valence-corrected chi connectivity index (χ0v) is 21.4. The predicted molar refractivity (Wildman–Crippen MR) is 134 cm³/mol. The smallest absolute Gasteiger partial charge is 0.410 e. The normalized spacial score (nSPS) is 20.1. The first-order chi connectivity index (χ1) is 16.6. The number of rotatable bonds is 7. The molecule has 2 atom stereocenters. The number of ether oxygens (including phenoxy) is 2. The largest absolute Gasteiger partial charge is 0.490 e. The number of nitrogens with zero attached hydrogens (tertiary/aromatic N) is 1. The Morgan fingerprint density at radius 3 is 2.51 bits per heavy atom. The molecule has 1 aromatic carbocycles. The number of amides is 2. The summed E-state index contributed by atoms with van der Waals surface area (Å²) in [6.45, 7) is 9.19. The molecule has 3 rings (SSSR count). The zero-order valence-electron chi connectivity index (χ0n) is 21.4. The van der Waals surface area contributed by atoms with Crippen LogP contribution in [0.1, 0.15) is 65.4 Å². The van der Waals surface area contributed by atoms with Crippen LogP contribution in [-0.2, 0) is 9.53 Å². The van der Waals surface area contributed by atoms with E-state index in [9.17, 15) is 14.0 Å². The molecule has 1 aliphatic heterocycles. The van der Waals surface area contributed by atoms with Gasteiger partial charge in [0.15, 0.2) is 18.2 Å². The van der Waals surface area contributed by atoms with Crippen LogP contribution in [0, 0.1) is 17.7 Å². The van der Waals surface area contributed by atoms with E-state index < -0.39 is 11.4 Å². The van der Waals surface area contributed by atoms with Crippen molar-refractivity contribution < 1.29 is 28.6 Å². The molecule has 8 heteroatoms. The van der Waals surface area contributed by atoms with Gasteiger partial charge in [0.2, 0.25) is 5.91 Å². The second kappa shape index (κ2) is 11.9. The molecule has 2 aliphatic rings. The molecule has 7 nitrogen and oxygen atoms in total. The van der Waals surface area contributed by atoms with Gasteiger partial charge in [-0.05, 0) is 89.0 Å². The number of benzene rings is 1. The van der Waals surface area contributed by atoms with E-state index in [-0.39, 0.29) is 42.2 Å². The van der Waals surface area contributed by atoms with Crippen molar-refractivity contribution in [3.8, 4) is 5.75 Å². The van der Waals surface area contributed by atoms with Gasteiger partial charge in [-0.15, -0.1) is 0 Å². The summed E-state index contributed by atoms with van der Waals surface area (Å²) in [7, 11) is 0. The second-order valence-corrected chi connectivity index (χ2v) is 10.7. The molecular weight excluding hydrogens is 451 g/mol. The average molecular weight is 492 g/mol. The quantitative estimate of drug-likeness (QED) is 0.577. The van der Waals surface area contributed by atoms with Gasteiger partial charge in [-0.2, -0.15) is 0 Å². The molecule has 2 amide bonds. The molecule has 0 bridgehead atoms. The number of carbonyl (C=O) groups is 2. The van der Waals surface area contributed by atoms with Crippen molar-refractivity contribution in [3.05, 3.63) is 35.7 Å². The molecule has 35 heavy (non-hydrogen) atoms. The Morgan fingerprint density at radius 2 is 1.94 bits per heavy atom. The lowest BCUT2D eigenvalue weighted by molar-refractivity contribution is -0.126. The highest BCUT2D eigenvalue weighted by atomic mass is 19.1. The SMILES string of the molecule is C[C@H](C[OH2+])NC(=O)C1CC=C(c2ccc(OCC3CCN(C(=O)OC(C)(C)C)CC3)c(F)c2)CC1. The number of allylic oxidation sites excluding steroid dienone is 2. The lowest BCUT2D eigenvalue weighted by atomic mass is 9.86. The van der Waals surface area contributed by atoms with Gasteiger partial charge in [-0.25, -0.2) is 9.18 Å². The van der Waals surface area contributed by atoms with Gasteiger partial charge in [0.25, 0.3) is 0 Å². The van der Waals surface area contributed by atoms with Crippen LogP contribution in [0.3, 0.4) is 0 Å². The molecule has 1 aromatic rings. The standard InChI is InChI=1S/C27H39FN2O5/c1-18(16-31)29-25(32)21-7-5-20(6-8-21)22-9-10-24(23(28)15-22)34-17-19-11-13-30(14-12-19)26(33)35-27(2,3)4/h5,9-10,15,18-19,21,31H,6-8,11-14,16-17H2,1-4H3,(H,29,32)/p+1/t18-,21?/m1/s1. The maximum atomic E-state index is 14.8. The van der Waals surface area contributed by atoms with Gasteiger partial charge in [0.05, 0.1) is 12.6 Å². The molecule has 1 unspecified atom stereocenters. The summed E-state index contributed by atoms with van der Waals surface area (Å²) < 4.78 is 26.0. The Bertz CT molecular complexity index is 919. The summed E-state index contributed by atoms with van der Waals surface area (Å²) in [5.41, 5.74) is 1.35. The van der Waals surface area contributed by atoms with E-state index in [2.05, 4.69) is 5.32 Å². The predicted octanol–water partition coefficient (Wildman–Crippen LogP) is 4.26. The molecule has 0 spiro atoms. The number of nitrogens with one attached hydrogen (secondary N) is 1. The third kappa shape index (κ3) is 7.95. The fourth-order valence-corrected chi connectivity index (χ4v) is 4.38. The van der Waals surface area contributed by atoms with E-state index in [0.717, 1.165) is 24.0 Å². The van der Waals surface area contributed by atoms with E-state index in [4.69, 9.17) is 14.6 Å². The third-order valence-corrected chi connectivity index (χ3v) is 6.52. The molecule has 1 fully saturated rings. The summed E-state index contributed by atoms with van der Waals surface area (Å²) in [6, 6.07) is 4.91. The number of likely N-dealkylation sites (tertiary alicyclic amines) is 1. The number of piperidine rings is 1. The Labute approximate surface area is 207 Å². The topological polar surface area (TPSA) is 90.8 Å². The Kier molecular flexibility index (Phi) is 9.16. The molecule has 194 valence electrons. The minimum atomic E-state index is -0.508. The van der Waals surface area contributed by atoms with Gasteiger partial charge >= 0.3 is 6.09 Å². The maximum absolute atomic E-state index is 14.8. The summed E-state index contributed by atoms with van der Waals surface area (Å²) in [5.74, 6) is 0.00334. The van der Waals surface area contributed by atoms with Crippen LogP contribution in [-0.4, -0.2) is 60.0 Å². The lowest BCUT2D eigenvalue weighted by Gasteiger charge is -2.33. The lowest BCUT2D eigenvalue weighted by Crippen LogP contribution is -2.42. The minimum Gasteiger partial charge on any atom is -0.490 e. The van der Waals surface area contributed by atoms with Gasteiger partial charge in [-0.3, -0.25) is 4.79 Å². The number of hydrogen-bond acceptors (Lipinski definition) is 4. The molecule has 0 radical (unpaired) electrons. The van der Waals surface area contributed by atoms with E-state index >= 15 is 0 Å². The van der Waals surface area contributed by atoms with Crippen LogP contribution in [0.15, 0.2) is 24.3 Å². The van der Waals surface area contributed by atoms with Crippen LogP contribution >= 0.6 is 0 Å². The van der Waals surface area contributed by atoms with E-state index in [0.29, 0.717) is 39.0 Å². The summed E-state index contributed by atoms with van der Waals surface area (Å²) in [6.07, 6.45) is 5.36. The fraction of sp³-hybridized carbons (Fsp3) is 0.630. The Hall–Kier alpha value is -2.61. The molecule has 1 heterocycles. The first-order valence-corrected chi connectivity index (χ1v) is 12.6. The van der Waals surface area contributed by atoms with Crippen molar-refractivity contribution in [1.82, 2.24) is 10.2 Å². The van der Waals surface area contributed by atoms with Crippen LogP contribution in [0.4, 0.5) is 9.18 Å². The number of hydrogen-bond donors (Lipinski definition) is 1. The summed E-state index contributed by atoms with van der Waals surface area (Å²) >= 11 is 0. The first-order valence-electron chi connectivity index (χ1n) is 12.6. The highest BCUT2D eigenvalue weighted by molar-refractivity contribution is 5.80. The molecule has 1 saturated heterocycles. The van der Waals surface area contributed by atoms with Crippen LogP contribution in [0.5, 0.6) is 5.75 Å². The van der Waals surface area contributed by atoms with Crippen molar-refractivity contribution in [2.45, 2.75) is 71.4 Å². The fourth-order valence-electron chi connectivity index (χ4n) is 4.38. The minimum absolute atomic E-state index is 0.00749. The van der Waals surface area contributed by atoms with Gasteiger partial charge in [0, 0.05) is 19.0 Å². The first kappa shape index (κ1) is 27.0. The molecule has 0 saturated carbocycles. The van der Waals surface area contributed by atoms with Gasteiger partial charge in [-0.1, -0.05) is 12.1 Å². The highest BCUT2D eigenvalue weighted by Gasteiger charge is 2.27. The molecule has 1 aliphatic carbocycles. The van der Waals surface area contributed by atoms with E-state index in [1.54, 1.807) is 11.0 Å². The second-order valence-electron chi connectivity index (χ2n) is 10.7. The van der Waals surface area contributed by atoms with Crippen LogP contribution in [0.2, 0.25) is 0 Å². The monoisotopic (exact) mass is 491 g/mol. The third-order valence-electron chi connectivity index (χ3n) is 6.52.